The average molecular weight is 336 g/mol. The fourth-order valence-electron chi connectivity index (χ4n) is 2.12. The number of aryl methyl sites for hydroxylation is 1. The molecule has 1 aromatic carbocycles. The van der Waals surface area contributed by atoms with Gasteiger partial charge < -0.3 is 9.73 Å². The molecular weight excluding hydrogens is 318 g/mol. The Morgan fingerprint density at radius 1 is 1.30 bits per heavy atom. The monoisotopic (exact) mass is 335 g/mol. The van der Waals surface area contributed by atoms with E-state index in [-0.39, 0.29) is 11.9 Å². The zero-order valence-corrected chi connectivity index (χ0v) is 13.0. The van der Waals surface area contributed by atoms with Crippen LogP contribution in [0.1, 0.15) is 28.6 Å². The molecule has 0 spiro atoms. The number of nitrogens with one attached hydrogen (secondary N) is 1. The van der Waals surface area contributed by atoms with Gasteiger partial charge in [0.1, 0.15) is 5.76 Å². The van der Waals surface area contributed by atoms with Crippen molar-refractivity contribution in [3.05, 3.63) is 59.5 Å². The minimum Gasteiger partial charge on any atom is -0.469 e. The largest absolute Gasteiger partial charge is 0.469 e. The first-order valence-corrected chi connectivity index (χ1v) is 7.83. The summed E-state index contributed by atoms with van der Waals surface area (Å²) >= 11 is 3.46. The van der Waals surface area contributed by atoms with E-state index in [1.165, 1.54) is 5.56 Å². The molecule has 2 rings (SSSR count). The van der Waals surface area contributed by atoms with E-state index in [1.54, 1.807) is 12.3 Å². The predicted octanol–water partition coefficient (Wildman–Crippen LogP) is 3.58. The predicted molar refractivity (Wildman–Crippen MR) is 83.3 cm³/mol. The number of halogens is 1. The van der Waals surface area contributed by atoms with Crippen molar-refractivity contribution in [2.24, 2.45) is 0 Å². The molecule has 0 aliphatic heterocycles. The van der Waals surface area contributed by atoms with E-state index in [4.69, 9.17) is 4.42 Å². The van der Waals surface area contributed by atoms with Crippen molar-refractivity contribution in [1.82, 2.24) is 5.32 Å². The van der Waals surface area contributed by atoms with E-state index in [2.05, 4.69) is 33.4 Å². The van der Waals surface area contributed by atoms with Gasteiger partial charge >= 0.3 is 0 Å². The summed E-state index contributed by atoms with van der Waals surface area (Å²) in [6.07, 6.45) is 3.08. The molecular formula is C16H18BrNO2. The van der Waals surface area contributed by atoms with E-state index in [0.29, 0.717) is 17.3 Å². The third kappa shape index (κ3) is 3.73. The Hall–Kier alpha value is -1.55. The zero-order chi connectivity index (χ0) is 14.4. The molecule has 1 unspecified atom stereocenters. The van der Waals surface area contributed by atoms with E-state index in [1.807, 2.05) is 25.1 Å². The van der Waals surface area contributed by atoms with Crippen LogP contribution in [0, 0.1) is 0 Å². The molecule has 0 aliphatic carbocycles. The van der Waals surface area contributed by atoms with Crippen molar-refractivity contribution < 1.29 is 9.21 Å². The summed E-state index contributed by atoms with van der Waals surface area (Å²) < 4.78 is 5.30. The molecule has 1 aromatic heterocycles. The van der Waals surface area contributed by atoms with Crippen molar-refractivity contribution >= 4 is 21.8 Å². The molecule has 0 radical (unpaired) electrons. The number of alkyl halides is 1. The smallest absolute Gasteiger partial charge is 0.255 e. The van der Waals surface area contributed by atoms with Crippen LogP contribution in [0.2, 0.25) is 0 Å². The third-order valence-corrected chi connectivity index (χ3v) is 3.94. The minimum atomic E-state index is -0.0732. The molecule has 0 saturated carbocycles. The number of benzene rings is 1. The van der Waals surface area contributed by atoms with Gasteiger partial charge in [0.2, 0.25) is 0 Å². The molecule has 106 valence electrons. The quantitative estimate of drug-likeness (QED) is 0.820. The summed E-state index contributed by atoms with van der Waals surface area (Å²) in [6.45, 7) is 1.97. The Morgan fingerprint density at radius 3 is 2.70 bits per heavy atom. The molecule has 1 N–H and O–H groups in total. The van der Waals surface area contributed by atoms with Gasteiger partial charge in [-0.25, -0.2) is 0 Å². The fraction of sp³-hybridized carbons (Fsp3) is 0.312. The average Bonchev–Trinajstić information content (AvgIpc) is 2.96. The van der Waals surface area contributed by atoms with Crippen LogP contribution in [0.4, 0.5) is 0 Å². The Kier molecular flexibility index (Phi) is 5.41. The number of rotatable bonds is 6. The molecule has 3 nitrogen and oxygen atoms in total. The Morgan fingerprint density at radius 2 is 2.05 bits per heavy atom. The first kappa shape index (κ1) is 14.9. The van der Waals surface area contributed by atoms with Gasteiger partial charge in [0, 0.05) is 17.8 Å². The van der Waals surface area contributed by atoms with Gasteiger partial charge in [-0.2, -0.15) is 0 Å². The van der Waals surface area contributed by atoms with Crippen LogP contribution in [0.5, 0.6) is 0 Å². The van der Waals surface area contributed by atoms with Gasteiger partial charge in [-0.1, -0.05) is 53.2 Å². The molecule has 4 heteroatoms. The maximum atomic E-state index is 12.3. The van der Waals surface area contributed by atoms with Crippen LogP contribution in [-0.2, 0) is 12.8 Å². The molecule has 0 saturated heterocycles. The lowest BCUT2D eigenvalue weighted by Gasteiger charge is -2.16. The molecule has 1 atom stereocenters. The normalized spacial score (nSPS) is 12.1. The summed E-state index contributed by atoms with van der Waals surface area (Å²) in [5.74, 6) is 0.659. The highest BCUT2D eigenvalue weighted by molar-refractivity contribution is 9.09. The summed E-state index contributed by atoms with van der Waals surface area (Å²) in [7, 11) is 0. The van der Waals surface area contributed by atoms with Gasteiger partial charge in [-0.15, -0.1) is 0 Å². The molecule has 1 amide bonds. The summed E-state index contributed by atoms with van der Waals surface area (Å²) in [5.41, 5.74) is 1.84. The van der Waals surface area contributed by atoms with Crippen molar-refractivity contribution in [1.29, 1.82) is 0 Å². The molecule has 20 heavy (non-hydrogen) atoms. The lowest BCUT2D eigenvalue weighted by molar-refractivity contribution is 0.0939. The maximum Gasteiger partial charge on any atom is 0.255 e. The van der Waals surface area contributed by atoms with Crippen LogP contribution >= 0.6 is 15.9 Å². The number of carbonyl (C=O) groups is 1. The molecule has 0 fully saturated rings. The number of hydrogen-bond acceptors (Lipinski definition) is 2. The van der Waals surface area contributed by atoms with E-state index in [9.17, 15) is 4.79 Å². The van der Waals surface area contributed by atoms with Gasteiger partial charge in [0.05, 0.1) is 11.8 Å². The molecule has 0 aliphatic rings. The second-order valence-electron chi connectivity index (χ2n) is 4.63. The summed E-state index contributed by atoms with van der Waals surface area (Å²) in [5, 5.41) is 3.76. The van der Waals surface area contributed by atoms with Crippen molar-refractivity contribution in [2.75, 3.05) is 5.33 Å². The lowest BCUT2D eigenvalue weighted by atomic mass is 10.1. The Balaban J connectivity index is 2.01. The van der Waals surface area contributed by atoms with E-state index >= 15 is 0 Å². The van der Waals surface area contributed by atoms with Crippen molar-refractivity contribution in [2.45, 2.75) is 25.8 Å². The van der Waals surface area contributed by atoms with Crippen LogP contribution in [0.15, 0.2) is 47.1 Å². The van der Waals surface area contributed by atoms with Crippen LogP contribution < -0.4 is 5.32 Å². The number of amides is 1. The van der Waals surface area contributed by atoms with Crippen LogP contribution in [0.3, 0.4) is 0 Å². The Bertz CT molecular complexity index is 551. The second kappa shape index (κ2) is 7.29. The van der Waals surface area contributed by atoms with E-state index < -0.39 is 0 Å². The van der Waals surface area contributed by atoms with Crippen molar-refractivity contribution in [3.63, 3.8) is 0 Å². The highest BCUT2D eigenvalue weighted by atomic mass is 79.9. The SMILES string of the molecule is CCc1occc1C(=O)NC(CBr)Cc1ccccc1. The maximum absolute atomic E-state index is 12.3. The summed E-state index contributed by atoms with van der Waals surface area (Å²) in [4.78, 5) is 12.3. The standard InChI is InChI=1S/C16H18BrNO2/c1-2-15-14(8-9-20-15)16(19)18-13(11-17)10-12-6-4-3-5-7-12/h3-9,13H,2,10-11H2,1H3,(H,18,19). The highest BCUT2D eigenvalue weighted by Gasteiger charge is 2.17. The molecule has 2 aromatic rings. The first-order chi connectivity index (χ1) is 9.74. The van der Waals surface area contributed by atoms with Gasteiger partial charge in [-0.3, -0.25) is 4.79 Å². The lowest BCUT2D eigenvalue weighted by Crippen LogP contribution is -2.37. The molecule has 0 bridgehead atoms. The topological polar surface area (TPSA) is 42.2 Å². The van der Waals surface area contributed by atoms with Gasteiger partial charge in [-0.05, 0) is 18.1 Å². The summed E-state index contributed by atoms with van der Waals surface area (Å²) in [6, 6.07) is 11.9. The van der Waals surface area contributed by atoms with Crippen LogP contribution in [0.25, 0.3) is 0 Å². The Labute approximate surface area is 127 Å². The van der Waals surface area contributed by atoms with Gasteiger partial charge in [0.25, 0.3) is 5.91 Å². The van der Waals surface area contributed by atoms with E-state index in [0.717, 1.165) is 12.2 Å². The first-order valence-electron chi connectivity index (χ1n) is 6.71. The molecule has 1 heterocycles. The number of furan rings is 1. The van der Waals surface area contributed by atoms with Crippen molar-refractivity contribution in [3.8, 4) is 0 Å². The van der Waals surface area contributed by atoms with Crippen LogP contribution in [-0.4, -0.2) is 17.3 Å². The van der Waals surface area contributed by atoms with Gasteiger partial charge in [0.15, 0.2) is 0 Å². The third-order valence-electron chi connectivity index (χ3n) is 3.16. The number of carbonyl (C=O) groups excluding carboxylic acids is 1. The zero-order valence-electron chi connectivity index (χ0n) is 11.4. The number of hydrogen-bond donors (Lipinski definition) is 1. The fourth-order valence-corrected chi connectivity index (χ4v) is 2.51. The second-order valence-corrected chi connectivity index (χ2v) is 5.27. The highest BCUT2D eigenvalue weighted by Crippen LogP contribution is 2.12. The minimum absolute atomic E-state index is 0.0597.